The number of carbonyl (C=O) groups is 2. The first-order valence-corrected chi connectivity index (χ1v) is 8.20. The second-order valence-corrected chi connectivity index (χ2v) is 5.91. The minimum Gasteiger partial charge on any atom is -0.462 e. The summed E-state index contributed by atoms with van der Waals surface area (Å²) in [5.41, 5.74) is 3.15. The van der Waals surface area contributed by atoms with Crippen LogP contribution in [0.15, 0.2) is 24.3 Å². The van der Waals surface area contributed by atoms with E-state index in [9.17, 15) is 9.59 Å². The molecule has 0 spiro atoms. The summed E-state index contributed by atoms with van der Waals surface area (Å²) in [7, 11) is 0. The Morgan fingerprint density at radius 3 is 2.50 bits per heavy atom. The Hall–Kier alpha value is -2.27. The summed E-state index contributed by atoms with van der Waals surface area (Å²) in [5, 5.41) is 3.55. The highest BCUT2D eigenvalue weighted by atomic mass is 35.5. The summed E-state index contributed by atoms with van der Waals surface area (Å²) < 4.78 is 5.03. The van der Waals surface area contributed by atoms with E-state index in [0.29, 0.717) is 47.1 Å². The van der Waals surface area contributed by atoms with Crippen molar-refractivity contribution in [1.29, 1.82) is 0 Å². The highest BCUT2D eigenvalue weighted by molar-refractivity contribution is 6.30. The quantitative estimate of drug-likeness (QED) is 0.785. The number of esters is 1. The molecule has 0 radical (unpaired) electrons. The molecule has 0 aliphatic rings. The van der Waals surface area contributed by atoms with Crippen molar-refractivity contribution in [2.24, 2.45) is 0 Å². The van der Waals surface area contributed by atoms with E-state index in [-0.39, 0.29) is 5.91 Å². The maximum Gasteiger partial charge on any atom is 0.340 e. The Morgan fingerprint density at radius 1 is 1.21 bits per heavy atom. The predicted molar refractivity (Wildman–Crippen MR) is 93.7 cm³/mol. The molecule has 0 saturated carbocycles. The van der Waals surface area contributed by atoms with Gasteiger partial charge in [-0.25, -0.2) is 4.79 Å². The molecule has 0 fully saturated rings. The number of hydrogen-bond donors (Lipinski definition) is 2. The van der Waals surface area contributed by atoms with Gasteiger partial charge in [-0.05, 0) is 50.5 Å². The number of aromatic amines is 1. The van der Waals surface area contributed by atoms with Crippen LogP contribution in [-0.4, -0.2) is 30.0 Å². The average molecular weight is 349 g/mol. The van der Waals surface area contributed by atoms with Crippen molar-refractivity contribution >= 4 is 23.5 Å². The number of carbonyl (C=O) groups excluding carboxylic acids is 2. The molecule has 0 saturated heterocycles. The van der Waals surface area contributed by atoms with Gasteiger partial charge in [0.1, 0.15) is 5.69 Å². The predicted octanol–water partition coefficient (Wildman–Crippen LogP) is 3.43. The zero-order valence-electron chi connectivity index (χ0n) is 14.0. The van der Waals surface area contributed by atoms with Gasteiger partial charge < -0.3 is 15.0 Å². The highest BCUT2D eigenvalue weighted by Gasteiger charge is 2.22. The first kappa shape index (κ1) is 18.1. The number of H-pyrrole nitrogens is 1. The Morgan fingerprint density at radius 2 is 1.88 bits per heavy atom. The van der Waals surface area contributed by atoms with E-state index >= 15 is 0 Å². The van der Waals surface area contributed by atoms with Crippen LogP contribution in [0.4, 0.5) is 0 Å². The zero-order valence-corrected chi connectivity index (χ0v) is 14.8. The van der Waals surface area contributed by atoms with E-state index in [2.05, 4.69) is 10.3 Å². The van der Waals surface area contributed by atoms with Crippen molar-refractivity contribution in [2.45, 2.75) is 27.2 Å². The van der Waals surface area contributed by atoms with Crippen LogP contribution in [-0.2, 0) is 11.2 Å². The van der Waals surface area contributed by atoms with E-state index in [1.165, 1.54) is 0 Å². The van der Waals surface area contributed by atoms with Gasteiger partial charge in [0.05, 0.1) is 12.2 Å². The molecule has 2 aromatic rings. The van der Waals surface area contributed by atoms with Gasteiger partial charge in [-0.3, -0.25) is 4.79 Å². The fourth-order valence-corrected chi connectivity index (χ4v) is 2.67. The lowest BCUT2D eigenvalue weighted by Gasteiger charge is -2.06. The summed E-state index contributed by atoms with van der Waals surface area (Å²) in [6.45, 7) is 6.03. The maximum atomic E-state index is 12.3. The Balaban J connectivity index is 2.01. The van der Waals surface area contributed by atoms with E-state index in [1.807, 2.05) is 24.3 Å². The second kappa shape index (κ2) is 8.02. The molecule has 24 heavy (non-hydrogen) atoms. The van der Waals surface area contributed by atoms with E-state index in [1.54, 1.807) is 20.8 Å². The molecule has 0 unspecified atom stereocenters. The number of hydrogen-bond acceptors (Lipinski definition) is 3. The second-order valence-electron chi connectivity index (χ2n) is 5.48. The lowest BCUT2D eigenvalue weighted by atomic mass is 10.1. The molecule has 1 aromatic heterocycles. The molecule has 5 nitrogen and oxygen atoms in total. The van der Waals surface area contributed by atoms with Crippen LogP contribution in [0.3, 0.4) is 0 Å². The SMILES string of the molecule is CCOC(=O)c1c(C)[nH]c(C(=O)NCCc2ccc(Cl)cc2)c1C. The van der Waals surface area contributed by atoms with Crippen LogP contribution in [0.25, 0.3) is 0 Å². The van der Waals surface area contributed by atoms with Gasteiger partial charge >= 0.3 is 5.97 Å². The third-order valence-electron chi connectivity index (χ3n) is 3.76. The van der Waals surface area contributed by atoms with Crippen LogP contribution >= 0.6 is 11.6 Å². The van der Waals surface area contributed by atoms with Gasteiger partial charge in [0, 0.05) is 17.3 Å². The summed E-state index contributed by atoms with van der Waals surface area (Å²) >= 11 is 5.85. The van der Waals surface area contributed by atoms with Crippen molar-refractivity contribution in [3.8, 4) is 0 Å². The molecule has 0 atom stereocenters. The molecule has 0 bridgehead atoms. The van der Waals surface area contributed by atoms with Gasteiger partial charge in [0.2, 0.25) is 0 Å². The maximum absolute atomic E-state index is 12.3. The molecule has 128 valence electrons. The number of ether oxygens (including phenoxy) is 1. The van der Waals surface area contributed by atoms with E-state index < -0.39 is 5.97 Å². The molecule has 1 amide bonds. The van der Waals surface area contributed by atoms with Crippen molar-refractivity contribution in [1.82, 2.24) is 10.3 Å². The molecular formula is C18H21ClN2O3. The lowest BCUT2D eigenvalue weighted by Crippen LogP contribution is -2.26. The topological polar surface area (TPSA) is 71.2 Å². The number of halogens is 1. The standard InChI is InChI=1S/C18H21ClN2O3/c1-4-24-18(23)15-11(2)16(21-12(15)3)17(22)20-10-9-13-5-7-14(19)8-6-13/h5-8,21H,4,9-10H2,1-3H3,(H,20,22). The van der Waals surface area contributed by atoms with Crippen molar-refractivity contribution < 1.29 is 14.3 Å². The third-order valence-corrected chi connectivity index (χ3v) is 4.01. The summed E-state index contributed by atoms with van der Waals surface area (Å²) in [4.78, 5) is 27.3. The van der Waals surface area contributed by atoms with E-state index in [4.69, 9.17) is 16.3 Å². The Bertz CT molecular complexity index is 735. The van der Waals surface area contributed by atoms with Crippen molar-refractivity contribution in [2.75, 3.05) is 13.2 Å². The Kier molecular flexibility index (Phi) is 6.04. The van der Waals surface area contributed by atoms with Crippen LogP contribution < -0.4 is 5.32 Å². The Labute approximate surface area is 146 Å². The molecule has 1 aromatic carbocycles. The monoisotopic (exact) mass is 348 g/mol. The van der Waals surface area contributed by atoms with Crippen LogP contribution in [0.2, 0.25) is 5.02 Å². The first-order chi connectivity index (χ1) is 11.4. The number of nitrogens with one attached hydrogen (secondary N) is 2. The fourth-order valence-electron chi connectivity index (χ4n) is 2.55. The summed E-state index contributed by atoms with van der Waals surface area (Å²) in [6, 6.07) is 7.50. The number of rotatable bonds is 6. The third kappa shape index (κ3) is 4.17. The molecule has 0 aliphatic heterocycles. The van der Waals surface area contributed by atoms with Crippen LogP contribution in [0.1, 0.15) is 44.6 Å². The molecule has 6 heteroatoms. The molecular weight excluding hydrogens is 328 g/mol. The largest absolute Gasteiger partial charge is 0.462 e. The normalized spacial score (nSPS) is 10.5. The lowest BCUT2D eigenvalue weighted by molar-refractivity contribution is 0.0525. The smallest absolute Gasteiger partial charge is 0.340 e. The van der Waals surface area contributed by atoms with Crippen molar-refractivity contribution in [3.63, 3.8) is 0 Å². The number of aryl methyl sites for hydroxylation is 1. The van der Waals surface area contributed by atoms with Crippen molar-refractivity contribution in [3.05, 3.63) is 57.4 Å². The van der Waals surface area contributed by atoms with Crippen LogP contribution in [0, 0.1) is 13.8 Å². The fraction of sp³-hybridized carbons (Fsp3) is 0.333. The minimum absolute atomic E-state index is 0.236. The minimum atomic E-state index is -0.413. The summed E-state index contributed by atoms with van der Waals surface area (Å²) in [6.07, 6.45) is 0.701. The molecule has 0 aliphatic carbocycles. The van der Waals surface area contributed by atoms with Gasteiger partial charge in [0.15, 0.2) is 0 Å². The number of amides is 1. The first-order valence-electron chi connectivity index (χ1n) is 7.83. The molecule has 2 rings (SSSR count). The summed E-state index contributed by atoms with van der Waals surface area (Å²) in [5.74, 6) is -0.649. The van der Waals surface area contributed by atoms with Gasteiger partial charge in [0.25, 0.3) is 5.91 Å². The zero-order chi connectivity index (χ0) is 17.7. The highest BCUT2D eigenvalue weighted by Crippen LogP contribution is 2.19. The van der Waals surface area contributed by atoms with Gasteiger partial charge in [-0.15, -0.1) is 0 Å². The number of aromatic nitrogens is 1. The van der Waals surface area contributed by atoms with Gasteiger partial charge in [-0.2, -0.15) is 0 Å². The van der Waals surface area contributed by atoms with E-state index in [0.717, 1.165) is 5.56 Å². The average Bonchev–Trinajstić information content (AvgIpc) is 2.84. The molecule has 2 N–H and O–H groups in total. The van der Waals surface area contributed by atoms with Crippen LogP contribution in [0.5, 0.6) is 0 Å². The molecule has 1 heterocycles. The van der Waals surface area contributed by atoms with Gasteiger partial charge in [-0.1, -0.05) is 23.7 Å². The number of benzene rings is 1.